The van der Waals surface area contributed by atoms with E-state index in [9.17, 15) is 4.79 Å². The first kappa shape index (κ1) is 11.0. The minimum absolute atomic E-state index is 0.261. The lowest BCUT2D eigenvalue weighted by Gasteiger charge is -2.09. The number of hydrogen-bond donors (Lipinski definition) is 0. The maximum Gasteiger partial charge on any atom is 0.162 e. The molecule has 0 saturated heterocycles. The van der Waals surface area contributed by atoms with Crippen LogP contribution < -0.4 is 0 Å². The number of carbonyl (C=O) groups is 1. The standard InChI is InChI=1S/C13H18O/c1-4-7-11-10(3)8-6-9-12(11)13(14)5-2/h6,8-9H,4-5,7H2,1-3H3. The van der Waals surface area contributed by atoms with Gasteiger partial charge >= 0.3 is 0 Å². The van der Waals surface area contributed by atoms with E-state index < -0.39 is 0 Å². The number of carbonyl (C=O) groups excluding carboxylic acids is 1. The van der Waals surface area contributed by atoms with Crippen molar-refractivity contribution >= 4 is 5.78 Å². The summed E-state index contributed by atoms with van der Waals surface area (Å²) in [4.78, 5) is 11.7. The van der Waals surface area contributed by atoms with Crippen LogP contribution in [0, 0.1) is 6.92 Å². The first-order chi connectivity index (χ1) is 6.70. The van der Waals surface area contributed by atoms with E-state index in [1.165, 1.54) is 11.1 Å². The average Bonchev–Trinajstić information content (AvgIpc) is 2.20. The van der Waals surface area contributed by atoms with Crippen molar-refractivity contribution < 1.29 is 4.79 Å². The average molecular weight is 190 g/mol. The molecular weight excluding hydrogens is 172 g/mol. The second kappa shape index (κ2) is 4.94. The lowest BCUT2D eigenvalue weighted by Crippen LogP contribution is -2.04. The molecular formula is C13H18O. The van der Waals surface area contributed by atoms with Gasteiger partial charge in [-0.05, 0) is 24.5 Å². The van der Waals surface area contributed by atoms with Gasteiger partial charge in [-0.1, -0.05) is 38.5 Å². The largest absolute Gasteiger partial charge is 0.294 e. The van der Waals surface area contributed by atoms with Gasteiger partial charge in [-0.25, -0.2) is 0 Å². The molecule has 1 aromatic rings. The molecule has 1 aromatic carbocycles. The Hall–Kier alpha value is -1.11. The van der Waals surface area contributed by atoms with Gasteiger partial charge in [-0.2, -0.15) is 0 Å². The van der Waals surface area contributed by atoms with E-state index in [2.05, 4.69) is 19.9 Å². The molecule has 0 aromatic heterocycles. The molecule has 0 fully saturated rings. The van der Waals surface area contributed by atoms with Crippen LogP contribution in [0.15, 0.2) is 18.2 Å². The molecule has 0 spiro atoms. The van der Waals surface area contributed by atoms with E-state index in [1.807, 2.05) is 19.1 Å². The fourth-order valence-electron chi connectivity index (χ4n) is 1.74. The number of Topliss-reactive ketones (excluding diaryl/α,β-unsaturated/α-hetero) is 1. The lowest BCUT2D eigenvalue weighted by molar-refractivity contribution is 0.0987. The van der Waals surface area contributed by atoms with Crippen LogP contribution in [0.25, 0.3) is 0 Å². The third kappa shape index (κ3) is 2.22. The van der Waals surface area contributed by atoms with Gasteiger partial charge in [0.1, 0.15) is 0 Å². The van der Waals surface area contributed by atoms with Crippen LogP contribution in [0.1, 0.15) is 48.2 Å². The fourth-order valence-corrected chi connectivity index (χ4v) is 1.74. The lowest BCUT2D eigenvalue weighted by atomic mass is 9.95. The van der Waals surface area contributed by atoms with Crippen LogP contribution in [0.5, 0.6) is 0 Å². The molecule has 1 heteroatoms. The maximum atomic E-state index is 11.7. The molecule has 0 amide bonds. The minimum Gasteiger partial charge on any atom is -0.294 e. The van der Waals surface area contributed by atoms with E-state index in [1.54, 1.807) is 0 Å². The Kier molecular flexibility index (Phi) is 3.87. The van der Waals surface area contributed by atoms with E-state index in [4.69, 9.17) is 0 Å². The van der Waals surface area contributed by atoms with E-state index in [-0.39, 0.29) is 5.78 Å². The van der Waals surface area contributed by atoms with Crippen LogP contribution in [0.2, 0.25) is 0 Å². The van der Waals surface area contributed by atoms with Gasteiger partial charge in [0.15, 0.2) is 5.78 Å². The highest BCUT2D eigenvalue weighted by Crippen LogP contribution is 2.17. The molecule has 0 aliphatic heterocycles. The highest BCUT2D eigenvalue weighted by atomic mass is 16.1. The number of hydrogen-bond acceptors (Lipinski definition) is 1. The fraction of sp³-hybridized carbons (Fsp3) is 0.462. The van der Waals surface area contributed by atoms with Gasteiger partial charge in [0.05, 0.1) is 0 Å². The van der Waals surface area contributed by atoms with Crippen molar-refractivity contribution in [3.05, 3.63) is 34.9 Å². The Bertz CT molecular complexity index is 326. The van der Waals surface area contributed by atoms with Crippen LogP contribution in [0.4, 0.5) is 0 Å². The molecule has 0 aliphatic carbocycles. The molecule has 0 atom stereocenters. The highest BCUT2D eigenvalue weighted by Gasteiger charge is 2.10. The zero-order valence-electron chi connectivity index (χ0n) is 9.26. The Labute approximate surface area is 86.1 Å². The summed E-state index contributed by atoms with van der Waals surface area (Å²) in [5.74, 6) is 0.261. The number of rotatable bonds is 4. The van der Waals surface area contributed by atoms with Gasteiger partial charge in [-0.15, -0.1) is 0 Å². The van der Waals surface area contributed by atoms with Crippen LogP contribution >= 0.6 is 0 Å². The molecule has 14 heavy (non-hydrogen) atoms. The highest BCUT2D eigenvalue weighted by molar-refractivity contribution is 5.97. The van der Waals surface area contributed by atoms with E-state index in [0.29, 0.717) is 6.42 Å². The molecule has 0 N–H and O–H groups in total. The van der Waals surface area contributed by atoms with Crippen molar-refractivity contribution in [1.82, 2.24) is 0 Å². The van der Waals surface area contributed by atoms with E-state index in [0.717, 1.165) is 18.4 Å². The summed E-state index contributed by atoms with van der Waals surface area (Å²) in [6, 6.07) is 6.00. The summed E-state index contributed by atoms with van der Waals surface area (Å²) >= 11 is 0. The Balaban J connectivity index is 3.13. The van der Waals surface area contributed by atoms with Crippen LogP contribution in [-0.2, 0) is 6.42 Å². The number of benzene rings is 1. The summed E-state index contributed by atoms with van der Waals surface area (Å²) in [6.45, 7) is 6.14. The first-order valence-electron chi connectivity index (χ1n) is 5.32. The predicted octanol–water partition coefficient (Wildman–Crippen LogP) is 3.54. The van der Waals surface area contributed by atoms with Gasteiger partial charge < -0.3 is 0 Å². The zero-order valence-corrected chi connectivity index (χ0v) is 9.26. The third-order valence-electron chi connectivity index (χ3n) is 2.53. The van der Waals surface area contributed by atoms with Gasteiger partial charge in [0.25, 0.3) is 0 Å². The number of ketones is 1. The SMILES string of the molecule is CCCc1c(C)cccc1C(=O)CC. The maximum absolute atomic E-state index is 11.7. The van der Waals surface area contributed by atoms with E-state index >= 15 is 0 Å². The summed E-state index contributed by atoms with van der Waals surface area (Å²) in [6.07, 6.45) is 2.70. The molecule has 0 heterocycles. The Morgan fingerprint density at radius 2 is 2.00 bits per heavy atom. The number of aryl methyl sites for hydroxylation is 1. The smallest absolute Gasteiger partial charge is 0.162 e. The van der Waals surface area contributed by atoms with Crippen LogP contribution in [0.3, 0.4) is 0 Å². The molecule has 0 saturated carbocycles. The van der Waals surface area contributed by atoms with Crippen molar-refractivity contribution in [1.29, 1.82) is 0 Å². The van der Waals surface area contributed by atoms with Crippen molar-refractivity contribution in [2.45, 2.75) is 40.0 Å². The summed E-state index contributed by atoms with van der Waals surface area (Å²) in [5.41, 5.74) is 3.40. The van der Waals surface area contributed by atoms with Crippen molar-refractivity contribution in [2.24, 2.45) is 0 Å². The van der Waals surface area contributed by atoms with Crippen molar-refractivity contribution in [2.75, 3.05) is 0 Å². The Morgan fingerprint density at radius 3 is 2.57 bits per heavy atom. The van der Waals surface area contributed by atoms with Crippen molar-refractivity contribution in [3.8, 4) is 0 Å². The third-order valence-corrected chi connectivity index (χ3v) is 2.53. The molecule has 1 nitrogen and oxygen atoms in total. The van der Waals surface area contributed by atoms with Gasteiger partial charge in [-0.3, -0.25) is 4.79 Å². The summed E-state index contributed by atoms with van der Waals surface area (Å²) in [7, 11) is 0. The normalized spacial score (nSPS) is 10.2. The summed E-state index contributed by atoms with van der Waals surface area (Å²) < 4.78 is 0. The predicted molar refractivity (Wildman–Crippen MR) is 59.8 cm³/mol. The molecule has 1 rings (SSSR count). The molecule has 0 bridgehead atoms. The first-order valence-corrected chi connectivity index (χ1v) is 5.32. The van der Waals surface area contributed by atoms with Crippen molar-refractivity contribution in [3.63, 3.8) is 0 Å². The van der Waals surface area contributed by atoms with Crippen LogP contribution in [-0.4, -0.2) is 5.78 Å². The topological polar surface area (TPSA) is 17.1 Å². The molecule has 0 unspecified atom stereocenters. The Morgan fingerprint density at radius 1 is 1.29 bits per heavy atom. The quantitative estimate of drug-likeness (QED) is 0.664. The van der Waals surface area contributed by atoms with Gasteiger partial charge in [0, 0.05) is 12.0 Å². The second-order valence-corrected chi connectivity index (χ2v) is 3.63. The second-order valence-electron chi connectivity index (χ2n) is 3.63. The summed E-state index contributed by atoms with van der Waals surface area (Å²) in [5, 5.41) is 0. The van der Waals surface area contributed by atoms with Gasteiger partial charge in [0.2, 0.25) is 0 Å². The molecule has 76 valence electrons. The zero-order chi connectivity index (χ0) is 10.6. The molecule has 0 aliphatic rings. The minimum atomic E-state index is 0.261. The molecule has 0 radical (unpaired) electrons. The monoisotopic (exact) mass is 190 g/mol.